The normalized spacial score (nSPS) is 18.0. The van der Waals surface area contributed by atoms with Crippen LogP contribution >= 0.6 is 0 Å². The molecule has 7 heteroatoms. The summed E-state index contributed by atoms with van der Waals surface area (Å²) in [5.74, 6) is -0.211. The molecule has 2 rings (SSSR count). The van der Waals surface area contributed by atoms with E-state index in [1.165, 1.54) is 12.1 Å². The number of hydrogen-bond donors (Lipinski definition) is 1. The van der Waals surface area contributed by atoms with E-state index in [4.69, 9.17) is 5.73 Å². The molecule has 0 aromatic heterocycles. The summed E-state index contributed by atoms with van der Waals surface area (Å²) in [6, 6.07) is 3.56. The van der Waals surface area contributed by atoms with Gasteiger partial charge in [-0.05, 0) is 20.2 Å². The van der Waals surface area contributed by atoms with E-state index in [-0.39, 0.29) is 11.6 Å². The molecule has 0 saturated heterocycles. The Kier molecular flexibility index (Phi) is 3.50. The van der Waals surface area contributed by atoms with E-state index in [0.717, 1.165) is 0 Å². The number of benzene rings is 1. The van der Waals surface area contributed by atoms with Crippen LogP contribution in [0.3, 0.4) is 0 Å². The van der Waals surface area contributed by atoms with Gasteiger partial charge < -0.3 is 15.5 Å². The van der Waals surface area contributed by atoms with E-state index in [2.05, 4.69) is 0 Å². The summed E-state index contributed by atoms with van der Waals surface area (Å²) in [6.45, 7) is 1.22. The average Bonchev–Trinajstić information content (AvgIpc) is 2.59. The number of non-ortho nitro benzene ring substituents is 1. The molecule has 1 aromatic carbocycles. The van der Waals surface area contributed by atoms with Gasteiger partial charge in [0.25, 0.3) is 5.69 Å². The smallest absolute Gasteiger partial charge is 0.269 e. The molecular formula is C12H16N4O3. The number of anilines is 1. The molecule has 1 amide bonds. The minimum atomic E-state index is -0.808. The van der Waals surface area contributed by atoms with Gasteiger partial charge in [-0.2, -0.15) is 0 Å². The van der Waals surface area contributed by atoms with Gasteiger partial charge in [0.2, 0.25) is 5.91 Å². The van der Waals surface area contributed by atoms with Crippen molar-refractivity contribution in [2.24, 2.45) is 5.73 Å². The first kappa shape index (κ1) is 13.4. The number of nitro benzene ring substituents is 1. The predicted molar refractivity (Wildman–Crippen MR) is 70.9 cm³/mol. The average molecular weight is 264 g/mol. The van der Waals surface area contributed by atoms with Crippen LogP contribution in [0.25, 0.3) is 0 Å². The first-order valence-electron chi connectivity index (χ1n) is 5.92. The van der Waals surface area contributed by atoms with Crippen molar-refractivity contribution in [1.82, 2.24) is 4.90 Å². The Morgan fingerprint density at radius 3 is 2.74 bits per heavy atom. The number of likely N-dealkylation sites (N-methyl/N-ethyl adjacent to an activating group) is 1. The first-order chi connectivity index (χ1) is 8.91. The Morgan fingerprint density at radius 2 is 2.16 bits per heavy atom. The lowest BCUT2D eigenvalue weighted by Crippen LogP contribution is -2.36. The fourth-order valence-corrected chi connectivity index (χ4v) is 2.10. The number of fused-ring (bicyclic) bond motifs is 1. The summed E-state index contributed by atoms with van der Waals surface area (Å²) in [5, 5.41) is 10.7. The van der Waals surface area contributed by atoms with Crippen molar-refractivity contribution in [1.29, 1.82) is 0 Å². The van der Waals surface area contributed by atoms with Crippen molar-refractivity contribution in [2.45, 2.75) is 6.04 Å². The maximum absolute atomic E-state index is 12.1. The highest BCUT2D eigenvalue weighted by Crippen LogP contribution is 2.36. The second-order valence-electron chi connectivity index (χ2n) is 4.77. The molecule has 0 saturated carbocycles. The fourth-order valence-electron chi connectivity index (χ4n) is 2.10. The van der Waals surface area contributed by atoms with Crippen LogP contribution in [-0.4, -0.2) is 42.9 Å². The van der Waals surface area contributed by atoms with Crippen LogP contribution in [0.4, 0.5) is 11.4 Å². The topological polar surface area (TPSA) is 92.7 Å². The van der Waals surface area contributed by atoms with Gasteiger partial charge >= 0.3 is 0 Å². The second kappa shape index (κ2) is 4.94. The molecule has 0 bridgehead atoms. The Morgan fingerprint density at radius 1 is 1.47 bits per heavy atom. The maximum Gasteiger partial charge on any atom is 0.269 e. The van der Waals surface area contributed by atoms with Crippen molar-refractivity contribution in [2.75, 3.05) is 32.1 Å². The minimum Gasteiger partial charge on any atom is -0.316 e. The summed E-state index contributed by atoms with van der Waals surface area (Å²) >= 11 is 0. The van der Waals surface area contributed by atoms with Crippen LogP contribution < -0.4 is 10.6 Å². The molecule has 102 valence electrons. The zero-order valence-corrected chi connectivity index (χ0v) is 10.9. The molecule has 1 unspecified atom stereocenters. The molecule has 19 heavy (non-hydrogen) atoms. The summed E-state index contributed by atoms with van der Waals surface area (Å²) in [6.07, 6.45) is 0. The highest BCUT2D eigenvalue weighted by atomic mass is 16.6. The molecule has 1 heterocycles. The number of rotatable bonds is 4. The summed E-state index contributed by atoms with van der Waals surface area (Å²) in [7, 11) is 3.83. The molecule has 0 radical (unpaired) electrons. The van der Waals surface area contributed by atoms with Crippen LogP contribution in [0.1, 0.15) is 11.6 Å². The van der Waals surface area contributed by atoms with Crippen LogP contribution in [0.2, 0.25) is 0 Å². The summed E-state index contributed by atoms with van der Waals surface area (Å²) < 4.78 is 0. The van der Waals surface area contributed by atoms with Crippen LogP contribution in [-0.2, 0) is 4.79 Å². The zero-order chi connectivity index (χ0) is 14.2. The SMILES string of the molecule is CN(C)CCN1C(=O)C(N)c2cc([N+](=O)[O-])ccc21. The van der Waals surface area contributed by atoms with Crippen molar-refractivity contribution < 1.29 is 9.72 Å². The van der Waals surface area contributed by atoms with Gasteiger partial charge in [0.1, 0.15) is 6.04 Å². The summed E-state index contributed by atoms with van der Waals surface area (Å²) in [5.41, 5.74) is 6.98. The lowest BCUT2D eigenvalue weighted by Gasteiger charge is -2.20. The van der Waals surface area contributed by atoms with Gasteiger partial charge in [0.05, 0.1) is 4.92 Å². The quantitative estimate of drug-likeness (QED) is 0.631. The molecule has 0 aliphatic carbocycles. The molecule has 7 nitrogen and oxygen atoms in total. The van der Waals surface area contributed by atoms with E-state index in [1.54, 1.807) is 11.0 Å². The fraction of sp³-hybridized carbons (Fsp3) is 0.417. The maximum atomic E-state index is 12.1. The number of carbonyl (C=O) groups is 1. The van der Waals surface area contributed by atoms with Crippen molar-refractivity contribution >= 4 is 17.3 Å². The van der Waals surface area contributed by atoms with Crippen molar-refractivity contribution in [3.8, 4) is 0 Å². The Labute approximate surface area is 110 Å². The van der Waals surface area contributed by atoms with Gasteiger partial charge in [-0.25, -0.2) is 0 Å². The molecule has 1 atom stereocenters. The number of nitrogens with two attached hydrogens (primary N) is 1. The first-order valence-corrected chi connectivity index (χ1v) is 5.92. The van der Waals surface area contributed by atoms with E-state index in [9.17, 15) is 14.9 Å². The van der Waals surface area contributed by atoms with Crippen LogP contribution in [0, 0.1) is 10.1 Å². The number of nitro groups is 1. The van der Waals surface area contributed by atoms with Crippen LogP contribution in [0.5, 0.6) is 0 Å². The van der Waals surface area contributed by atoms with E-state index >= 15 is 0 Å². The van der Waals surface area contributed by atoms with Crippen molar-refractivity contribution in [3.63, 3.8) is 0 Å². The number of nitrogens with zero attached hydrogens (tertiary/aromatic N) is 3. The third-order valence-corrected chi connectivity index (χ3v) is 3.15. The standard InChI is InChI=1S/C12H16N4O3/c1-14(2)5-6-15-10-4-3-8(16(18)19)7-9(10)11(13)12(15)17/h3-4,7,11H,5-6,13H2,1-2H3. The molecular weight excluding hydrogens is 248 g/mol. The van der Waals surface area contributed by atoms with E-state index < -0.39 is 11.0 Å². The summed E-state index contributed by atoms with van der Waals surface area (Å²) in [4.78, 5) is 25.9. The molecule has 0 fully saturated rings. The Hall–Kier alpha value is -1.99. The molecule has 2 N–H and O–H groups in total. The lowest BCUT2D eigenvalue weighted by molar-refractivity contribution is -0.384. The van der Waals surface area contributed by atoms with E-state index in [1.807, 2.05) is 19.0 Å². The van der Waals surface area contributed by atoms with Crippen LogP contribution in [0.15, 0.2) is 18.2 Å². The van der Waals surface area contributed by atoms with Gasteiger partial charge in [0.15, 0.2) is 0 Å². The van der Waals surface area contributed by atoms with Gasteiger partial charge in [-0.3, -0.25) is 14.9 Å². The third kappa shape index (κ3) is 2.42. The molecule has 1 aliphatic heterocycles. The Balaban J connectivity index is 2.33. The number of amides is 1. The second-order valence-corrected chi connectivity index (χ2v) is 4.77. The predicted octanol–water partition coefficient (Wildman–Crippen LogP) is 0.503. The van der Waals surface area contributed by atoms with Gasteiger partial charge in [0, 0.05) is 36.5 Å². The minimum absolute atomic E-state index is 0.0449. The van der Waals surface area contributed by atoms with E-state index in [0.29, 0.717) is 24.3 Å². The lowest BCUT2D eigenvalue weighted by atomic mass is 10.1. The monoisotopic (exact) mass is 264 g/mol. The number of hydrogen-bond acceptors (Lipinski definition) is 5. The van der Waals surface area contributed by atoms with Gasteiger partial charge in [-0.1, -0.05) is 0 Å². The van der Waals surface area contributed by atoms with Gasteiger partial charge in [-0.15, -0.1) is 0 Å². The highest BCUT2D eigenvalue weighted by molar-refractivity contribution is 6.04. The zero-order valence-electron chi connectivity index (χ0n) is 10.9. The molecule has 0 spiro atoms. The number of carbonyl (C=O) groups excluding carboxylic acids is 1. The highest BCUT2D eigenvalue weighted by Gasteiger charge is 2.35. The largest absolute Gasteiger partial charge is 0.316 e. The van der Waals surface area contributed by atoms with Crippen molar-refractivity contribution in [3.05, 3.63) is 33.9 Å². The Bertz CT molecular complexity index is 530. The third-order valence-electron chi connectivity index (χ3n) is 3.15. The molecule has 1 aliphatic rings. The molecule has 1 aromatic rings.